The highest BCUT2D eigenvalue weighted by molar-refractivity contribution is 7.13. The average Bonchev–Trinajstić information content (AvgIpc) is 3.51. The minimum Gasteiger partial charge on any atom is -0.497 e. The first kappa shape index (κ1) is 24.4. The Morgan fingerprint density at radius 3 is 2.22 bits per heavy atom. The van der Waals surface area contributed by atoms with Crippen LogP contribution in [0.4, 0.5) is 5.69 Å². The zero-order valence-electron chi connectivity index (χ0n) is 19.9. The smallest absolute Gasteiger partial charge is 0.118 e. The number of thiazole rings is 2. The standard InChI is InChI=1S/C29H24ClN3OS2/c1-19-27(36-29(32-19)16-20-3-9-23(30)10-4-20)17-31-24-11-7-22(8-12-24)26-18-35-28(33-26)15-21-5-13-25(34-2)14-6-21/h3-14,17-18H,15-16H2,1-2H3. The van der Waals surface area contributed by atoms with E-state index in [0.717, 1.165) is 61.1 Å². The van der Waals surface area contributed by atoms with Gasteiger partial charge in [-0.1, -0.05) is 48.0 Å². The van der Waals surface area contributed by atoms with E-state index in [1.807, 2.05) is 61.7 Å². The quantitative estimate of drug-likeness (QED) is 0.190. The van der Waals surface area contributed by atoms with Crippen LogP contribution in [0.5, 0.6) is 5.75 Å². The summed E-state index contributed by atoms with van der Waals surface area (Å²) < 4.78 is 5.24. The van der Waals surface area contributed by atoms with Crippen molar-refractivity contribution >= 4 is 46.2 Å². The second kappa shape index (κ2) is 11.2. The lowest BCUT2D eigenvalue weighted by Gasteiger charge is -2.01. The van der Waals surface area contributed by atoms with Gasteiger partial charge in [0.1, 0.15) is 5.75 Å². The van der Waals surface area contributed by atoms with Gasteiger partial charge in [0.15, 0.2) is 0 Å². The molecule has 0 aliphatic heterocycles. The number of rotatable bonds is 8. The average molecular weight is 530 g/mol. The number of hydrogen-bond acceptors (Lipinski definition) is 6. The zero-order chi connectivity index (χ0) is 24.9. The van der Waals surface area contributed by atoms with Crippen LogP contribution >= 0.6 is 34.3 Å². The van der Waals surface area contributed by atoms with Crippen LogP contribution in [-0.4, -0.2) is 23.3 Å². The summed E-state index contributed by atoms with van der Waals surface area (Å²) in [4.78, 5) is 15.3. The van der Waals surface area contributed by atoms with Crippen molar-refractivity contribution in [2.75, 3.05) is 7.11 Å². The van der Waals surface area contributed by atoms with Gasteiger partial charge in [0.05, 0.1) is 39.1 Å². The number of methoxy groups -OCH3 is 1. The molecule has 5 aromatic rings. The molecule has 0 bridgehead atoms. The van der Waals surface area contributed by atoms with Gasteiger partial charge >= 0.3 is 0 Å². The van der Waals surface area contributed by atoms with Crippen molar-refractivity contribution in [3.63, 3.8) is 0 Å². The molecule has 0 atom stereocenters. The number of aryl methyl sites for hydroxylation is 1. The molecule has 2 heterocycles. The third-order valence-corrected chi connectivity index (χ3v) is 7.90. The summed E-state index contributed by atoms with van der Waals surface area (Å²) in [6.45, 7) is 2.03. The van der Waals surface area contributed by atoms with E-state index in [4.69, 9.17) is 26.3 Å². The van der Waals surface area contributed by atoms with Gasteiger partial charge in [-0.2, -0.15) is 0 Å². The van der Waals surface area contributed by atoms with Gasteiger partial charge in [0, 0.05) is 35.0 Å². The Morgan fingerprint density at radius 1 is 0.861 bits per heavy atom. The lowest BCUT2D eigenvalue weighted by atomic mass is 10.1. The summed E-state index contributed by atoms with van der Waals surface area (Å²) in [7, 11) is 1.68. The molecular weight excluding hydrogens is 506 g/mol. The van der Waals surface area contributed by atoms with Crippen LogP contribution in [0.2, 0.25) is 5.02 Å². The highest BCUT2D eigenvalue weighted by atomic mass is 35.5. The predicted molar refractivity (Wildman–Crippen MR) is 152 cm³/mol. The number of benzene rings is 3. The van der Waals surface area contributed by atoms with E-state index in [1.54, 1.807) is 29.8 Å². The van der Waals surface area contributed by atoms with E-state index in [-0.39, 0.29) is 0 Å². The van der Waals surface area contributed by atoms with Gasteiger partial charge in [-0.15, -0.1) is 22.7 Å². The van der Waals surface area contributed by atoms with Gasteiger partial charge < -0.3 is 4.74 Å². The van der Waals surface area contributed by atoms with Crippen LogP contribution in [0.15, 0.2) is 83.2 Å². The molecule has 180 valence electrons. The second-order valence-electron chi connectivity index (χ2n) is 8.32. The minimum atomic E-state index is 0.747. The van der Waals surface area contributed by atoms with Crippen LogP contribution < -0.4 is 4.74 Å². The third-order valence-electron chi connectivity index (χ3n) is 5.71. The van der Waals surface area contributed by atoms with Crippen LogP contribution in [0, 0.1) is 6.92 Å². The molecule has 3 aromatic carbocycles. The summed E-state index contributed by atoms with van der Waals surface area (Å²) in [6, 6.07) is 24.2. The number of aromatic nitrogens is 2. The van der Waals surface area contributed by atoms with Gasteiger partial charge in [0.25, 0.3) is 0 Å². The lowest BCUT2D eigenvalue weighted by molar-refractivity contribution is 0.414. The fourth-order valence-corrected chi connectivity index (χ4v) is 5.67. The Hall–Kier alpha value is -3.32. The van der Waals surface area contributed by atoms with E-state index in [0.29, 0.717) is 0 Å². The van der Waals surface area contributed by atoms with E-state index >= 15 is 0 Å². The Bertz CT molecular complexity index is 1470. The lowest BCUT2D eigenvalue weighted by Crippen LogP contribution is -1.88. The second-order valence-corrected chi connectivity index (χ2v) is 10.8. The van der Waals surface area contributed by atoms with Crippen molar-refractivity contribution in [2.24, 2.45) is 4.99 Å². The summed E-state index contributed by atoms with van der Waals surface area (Å²) in [6.07, 6.45) is 3.51. The van der Waals surface area contributed by atoms with Crippen molar-refractivity contribution in [3.05, 3.63) is 115 Å². The number of nitrogens with zero attached hydrogens (tertiary/aromatic N) is 3. The number of aliphatic imine (C=N–C) groups is 1. The molecule has 36 heavy (non-hydrogen) atoms. The number of ether oxygens (including phenoxy) is 1. The van der Waals surface area contributed by atoms with E-state index in [2.05, 4.69) is 34.6 Å². The van der Waals surface area contributed by atoms with E-state index in [9.17, 15) is 0 Å². The molecule has 0 amide bonds. The Balaban J connectivity index is 1.23. The fraction of sp³-hybridized carbons (Fsp3) is 0.138. The maximum absolute atomic E-state index is 5.99. The van der Waals surface area contributed by atoms with Gasteiger partial charge in [0.2, 0.25) is 0 Å². The topological polar surface area (TPSA) is 47.4 Å². The molecule has 0 N–H and O–H groups in total. The van der Waals surface area contributed by atoms with Gasteiger partial charge in [-0.05, 0) is 54.4 Å². The van der Waals surface area contributed by atoms with Crippen molar-refractivity contribution in [2.45, 2.75) is 19.8 Å². The molecule has 0 aliphatic rings. The van der Waals surface area contributed by atoms with Crippen molar-refractivity contribution in [1.29, 1.82) is 0 Å². The first-order valence-electron chi connectivity index (χ1n) is 11.5. The van der Waals surface area contributed by atoms with Crippen LogP contribution in [0.3, 0.4) is 0 Å². The molecule has 0 saturated carbocycles. The molecule has 0 radical (unpaired) electrons. The Labute approximate surface area is 224 Å². The van der Waals surface area contributed by atoms with Crippen LogP contribution in [-0.2, 0) is 12.8 Å². The number of hydrogen-bond donors (Lipinski definition) is 0. The molecular formula is C29H24ClN3OS2. The highest BCUT2D eigenvalue weighted by Crippen LogP contribution is 2.27. The molecule has 0 spiro atoms. The first-order chi connectivity index (χ1) is 17.6. The Morgan fingerprint density at radius 2 is 1.53 bits per heavy atom. The van der Waals surface area contributed by atoms with Crippen LogP contribution in [0.1, 0.15) is 31.7 Å². The minimum absolute atomic E-state index is 0.747. The fourth-order valence-electron chi connectivity index (χ4n) is 3.73. The molecule has 0 unspecified atom stereocenters. The number of halogens is 1. The summed E-state index contributed by atoms with van der Waals surface area (Å²) in [5, 5.41) is 5.02. The molecule has 0 aliphatic carbocycles. The molecule has 5 rings (SSSR count). The van der Waals surface area contributed by atoms with Gasteiger partial charge in [-0.3, -0.25) is 4.99 Å². The molecule has 4 nitrogen and oxygen atoms in total. The Kier molecular flexibility index (Phi) is 7.56. The molecule has 0 saturated heterocycles. The monoisotopic (exact) mass is 529 g/mol. The summed E-state index contributed by atoms with van der Waals surface area (Å²) in [5.41, 5.74) is 6.39. The summed E-state index contributed by atoms with van der Waals surface area (Å²) in [5.74, 6) is 0.866. The molecule has 0 fully saturated rings. The van der Waals surface area contributed by atoms with Crippen molar-refractivity contribution < 1.29 is 4.74 Å². The SMILES string of the molecule is COc1ccc(Cc2nc(-c3ccc(N=Cc4sc(Cc5ccc(Cl)cc5)nc4C)cc3)cs2)cc1. The largest absolute Gasteiger partial charge is 0.497 e. The van der Waals surface area contributed by atoms with E-state index in [1.165, 1.54) is 11.1 Å². The first-order valence-corrected chi connectivity index (χ1v) is 13.6. The maximum Gasteiger partial charge on any atom is 0.118 e. The highest BCUT2D eigenvalue weighted by Gasteiger charge is 2.08. The predicted octanol–water partition coefficient (Wildman–Crippen LogP) is 8.17. The van der Waals surface area contributed by atoms with Gasteiger partial charge in [-0.25, -0.2) is 9.97 Å². The zero-order valence-corrected chi connectivity index (χ0v) is 22.3. The van der Waals surface area contributed by atoms with Crippen molar-refractivity contribution in [1.82, 2.24) is 9.97 Å². The van der Waals surface area contributed by atoms with E-state index < -0.39 is 0 Å². The maximum atomic E-state index is 5.99. The molecule has 2 aromatic heterocycles. The summed E-state index contributed by atoms with van der Waals surface area (Å²) >= 11 is 9.35. The van der Waals surface area contributed by atoms with Crippen LogP contribution in [0.25, 0.3) is 11.3 Å². The molecule has 7 heteroatoms. The third kappa shape index (κ3) is 6.08. The normalized spacial score (nSPS) is 11.3. The van der Waals surface area contributed by atoms with Crippen molar-refractivity contribution in [3.8, 4) is 17.0 Å².